The molecule has 0 radical (unpaired) electrons. The Kier molecular flexibility index (Phi) is 3.10. The van der Waals surface area contributed by atoms with Gasteiger partial charge in [0, 0.05) is 7.05 Å². The van der Waals surface area contributed by atoms with Crippen LogP contribution in [0.4, 0.5) is 0 Å². The fraction of sp³-hybridized carbons (Fsp3) is 0.750. The van der Waals surface area contributed by atoms with E-state index in [2.05, 4.69) is 14.5 Å². The van der Waals surface area contributed by atoms with Crippen LogP contribution in [0.5, 0.6) is 0 Å². The quantitative estimate of drug-likeness (QED) is 0.325. The van der Waals surface area contributed by atoms with E-state index in [-0.39, 0.29) is 0 Å². The van der Waals surface area contributed by atoms with Gasteiger partial charge in [0.2, 0.25) is 0 Å². The van der Waals surface area contributed by atoms with Gasteiger partial charge in [-0.3, -0.25) is 0 Å². The van der Waals surface area contributed by atoms with E-state index in [0.29, 0.717) is 6.08 Å². The fourth-order valence-corrected chi connectivity index (χ4v) is 0.266. The third kappa shape index (κ3) is 2.03. The lowest BCUT2D eigenvalue weighted by Gasteiger charge is -1.97. The van der Waals surface area contributed by atoms with Crippen molar-refractivity contribution in [2.75, 3.05) is 21.3 Å². The Morgan fingerprint density at radius 1 is 1.29 bits per heavy atom. The number of rotatable bonds is 0. The second-order valence-corrected chi connectivity index (χ2v) is 0.898. The zero-order valence-electron chi connectivity index (χ0n) is 4.76. The Morgan fingerprint density at radius 3 is 1.71 bits per heavy atom. The molecular formula is C4H9NO2. The smallest absolute Gasteiger partial charge is 0.382 e. The maximum absolute atomic E-state index is 4.58. The van der Waals surface area contributed by atoms with Crippen molar-refractivity contribution in [2.24, 2.45) is 4.99 Å². The summed E-state index contributed by atoms with van der Waals surface area (Å²) in [5.74, 6) is 0. The van der Waals surface area contributed by atoms with Crippen molar-refractivity contribution >= 4 is 6.08 Å². The molecule has 0 N–H and O–H groups in total. The van der Waals surface area contributed by atoms with Crippen LogP contribution in [0, 0.1) is 0 Å². The van der Waals surface area contributed by atoms with E-state index in [4.69, 9.17) is 0 Å². The van der Waals surface area contributed by atoms with Gasteiger partial charge < -0.3 is 9.47 Å². The average molecular weight is 103 g/mol. The second kappa shape index (κ2) is 3.46. The number of aliphatic imine (C=N–C) groups is 1. The predicted octanol–water partition coefficient (Wildman–Crippen LogP) is 0.265. The summed E-state index contributed by atoms with van der Waals surface area (Å²) in [5.41, 5.74) is 0. The Hall–Kier alpha value is -0.730. The molecule has 0 atom stereocenters. The molecule has 0 aromatic carbocycles. The van der Waals surface area contributed by atoms with Crippen molar-refractivity contribution < 1.29 is 9.47 Å². The Balaban J connectivity index is 3.38. The minimum atomic E-state index is 0.306. The molecule has 7 heavy (non-hydrogen) atoms. The van der Waals surface area contributed by atoms with Crippen molar-refractivity contribution in [1.82, 2.24) is 0 Å². The molecule has 0 unspecified atom stereocenters. The molecule has 0 spiro atoms. The summed E-state index contributed by atoms with van der Waals surface area (Å²) < 4.78 is 9.15. The highest BCUT2D eigenvalue weighted by Crippen LogP contribution is 1.75. The van der Waals surface area contributed by atoms with Gasteiger partial charge in [-0.1, -0.05) is 0 Å². The highest BCUT2D eigenvalue weighted by atomic mass is 16.7. The van der Waals surface area contributed by atoms with Crippen molar-refractivity contribution in [2.45, 2.75) is 0 Å². The third-order valence-electron chi connectivity index (χ3n) is 0.532. The normalized spacial score (nSPS) is 7.29. The molecule has 0 fully saturated rings. The summed E-state index contributed by atoms with van der Waals surface area (Å²) in [7, 11) is 4.61. The first-order chi connectivity index (χ1) is 3.35. The first kappa shape index (κ1) is 6.27. The van der Waals surface area contributed by atoms with Crippen LogP contribution in [0.25, 0.3) is 0 Å². The van der Waals surface area contributed by atoms with Crippen molar-refractivity contribution in [1.29, 1.82) is 0 Å². The molecule has 0 aliphatic heterocycles. The Labute approximate surface area is 43.0 Å². The summed E-state index contributed by atoms with van der Waals surface area (Å²) in [4.78, 5) is 3.60. The first-order valence-electron chi connectivity index (χ1n) is 1.90. The average Bonchev–Trinajstić information content (AvgIpc) is 1.72. The van der Waals surface area contributed by atoms with Gasteiger partial charge in [-0.2, -0.15) is 0 Å². The van der Waals surface area contributed by atoms with Crippen molar-refractivity contribution in [3.8, 4) is 0 Å². The standard InChI is InChI=1S/C4H9NO2/c1-5-4(6-2)7-3/h1-3H3. The highest BCUT2D eigenvalue weighted by Gasteiger charge is 1.86. The van der Waals surface area contributed by atoms with Crippen molar-refractivity contribution in [3.63, 3.8) is 0 Å². The molecule has 3 nitrogen and oxygen atoms in total. The van der Waals surface area contributed by atoms with Gasteiger partial charge >= 0.3 is 6.08 Å². The number of hydrogen-bond acceptors (Lipinski definition) is 3. The molecule has 0 heterocycles. The van der Waals surface area contributed by atoms with E-state index in [0.717, 1.165) is 0 Å². The van der Waals surface area contributed by atoms with Crippen LogP contribution < -0.4 is 0 Å². The molecule has 0 rings (SSSR count). The molecule has 0 amide bonds. The van der Waals surface area contributed by atoms with Crippen LogP contribution >= 0.6 is 0 Å². The molecule has 0 aromatic heterocycles. The summed E-state index contributed by atoms with van der Waals surface area (Å²) in [6, 6.07) is 0. The van der Waals surface area contributed by atoms with Gasteiger partial charge in [-0.15, -0.1) is 0 Å². The number of methoxy groups -OCH3 is 2. The molecule has 0 bridgehead atoms. The second-order valence-electron chi connectivity index (χ2n) is 0.898. The minimum absolute atomic E-state index is 0.306. The van der Waals surface area contributed by atoms with Crippen LogP contribution in [0.2, 0.25) is 0 Å². The van der Waals surface area contributed by atoms with Gasteiger partial charge in [0.25, 0.3) is 0 Å². The largest absolute Gasteiger partial charge is 0.454 e. The summed E-state index contributed by atoms with van der Waals surface area (Å²) >= 11 is 0. The summed E-state index contributed by atoms with van der Waals surface area (Å²) in [6.07, 6.45) is 0.306. The number of hydrogen-bond donors (Lipinski definition) is 0. The van der Waals surface area contributed by atoms with E-state index in [1.165, 1.54) is 14.2 Å². The summed E-state index contributed by atoms with van der Waals surface area (Å²) in [5, 5.41) is 0. The van der Waals surface area contributed by atoms with Crippen LogP contribution in [0.1, 0.15) is 0 Å². The molecule has 0 aromatic rings. The molecular weight excluding hydrogens is 94.0 g/mol. The Morgan fingerprint density at radius 2 is 1.71 bits per heavy atom. The molecule has 0 saturated heterocycles. The van der Waals surface area contributed by atoms with E-state index < -0.39 is 0 Å². The van der Waals surface area contributed by atoms with Crippen LogP contribution in [0.15, 0.2) is 4.99 Å². The molecule has 0 aliphatic rings. The zero-order chi connectivity index (χ0) is 5.70. The predicted molar refractivity (Wildman–Crippen MR) is 27.4 cm³/mol. The van der Waals surface area contributed by atoms with Gasteiger partial charge in [-0.05, 0) is 0 Å². The van der Waals surface area contributed by atoms with Crippen LogP contribution in [-0.2, 0) is 9.47 Å². The lowest BCUT2D eigenvalue weighted by molar-refractivity contribution is 0.242. The van der Waals surface area contributed by atoms with E-state index in [9.17, 15) is 0 Å². The molecule has 3 heteroatoms. The number of nitrogens with zero attached hydrogens (tertiary/aromatic N) is 1. The zero-order valence-corrected chi connectivity index (χ0v) is 4.76. The SMILES string of the molecule is CN=C(OC)OC. The third-order valence-corrected chi connectivity index (χ3v) is 0.532. The molecule has 42 valence electrons. The molecule has 0 saturated carbocycles. The van der Waals surface area contributed by atoms with E-state index >= 15 is 0 Å². The highest BCUT2D eigenvalue weighted by molar-refractivity contribution is 5.65. The fourth-order valence-electron chi connectivity index (χ4n) is 0.266. The summed E-state index contributed by atoms with van der Waals surface area (Å²) in [6.45, 7) is 0. The van der Waals surface area contributed by atoms with Crippen LogP contribution in [-0.4, -0.2) is 27.4 Å². The van der Waals surface area contributed by atoms with Gasteiger partial charge in [0.1, 0.15) is 0 Å². The number of ether oxygens (including phenoxy) is 2. The van der Waals surface area contributed by atoms with Gasteiger partial charge in [0.15, 0.2) is 0 Å². The maximum atomic E-state index is 4.58. The first-order valence-corrected chi connectivity index (χ1v) is 1.90. The van der Waals surface area contributed by atoms with E-state index in [1.54, 1.807) is 7.05 Å². The van der Waals surface area contributed by atoms with Gasteiger partial charge in [0.05, 0.1) is 14.2 Å². The Bertz CT molecular complexity index is 64.1. The van der Waals surface area contributed by atoms with E-state index in [1.807, 2.05) is 0 Å². The van der Waals surface area contributed by atoms with Gasteiger partial charge in [-0.25, -0.2) is 4.99 Å². The van der Waals surface area contributed by atoms with Crippen molar-refractivity contribution in [3.05, 3.63) is 0 Å². The monoisotopic (exact) mass is 103 g/mol. The minimum Gasteiger partial charge on any atom is -0.454 e. The lowest BCUT2D eigenvalue weighted by Crippen LogP contribution is -2.01. The lowest BCUT2D eigenvalue weighted by atomic mass is 11.2. The maximum Gasteiger partial charge on any atom is 0.382 e. The topological polar surface area (TPSA) is 30.8 Å². The molecule has 0 aliphatic carbocycles. The van der Waals surface area contributed by atoms with Crippen LogP contribution in [0.3, 0.4) is 0 Å².